The van der Waals surface area contributed by atoms with E-state index in [1.807, 2.05) is 6.92 Å². The van der Waals surface area contributed by atoms with E-state index in [0.717, 1.165) is 12.8 Å². The summed E-state index contributed by atoms with van der Waals surface area (Å²) in [6.45, 7) is 2.01. The molecule has 0 radical (unpaired) electrons. The van der Waals surface area contributed by atoms with E-state index in [1.165, 1.54) is 12.1 Å². The number of halogens is 1. The first-order valence-electron chi connectivity index (χ1n) is 5.62. The molecule has 0 aliphatic carbocycles. The minimum absolute atomic E-state index is 0.0181. The van der Waals surface area contributed by atoms with Gasteiger partial charge < -0.3 is 15.7 Å². The average Bonchev–Trinajstić information content (AvgIpc) is 2.31. The Morgan fingerprint density at radius 2 is 2.22 bits per heavy atom. The van der Waals surface area contributed by atoms with Crippen molar-refractivity contribution < 1.29 is 9.90 Å². The molecule has 0 atom stereocenters. The second-order valence-electron chi connectivity index (χ2n) is 3.77. The molecule has 1 amide bonds. The predicted octanol–water partition coefficient (Wildman–Crippen LogP) is 3.05. The van der Waals surface area contributed by atoms with E-state index in [4.69, 9.17) is 23.8 Å². The Labute approximate surface area is 116 Å². The first kappa shape index (κ1) is 14.7. The average molecular weight is 287 g/mol. The van der Waals surface area contributed by atoms with Crippen molar-refractivity contribution in [1.29, 1.82) is 0 Å². The number of hydrogen-bond acceptors (Lipinski definition) is 3. The molecule has 1 rings (SSSR count). The van der Waals surface area contributed by atoms with E-state index in [2.05, 4.69) is 10.6 Å². The Hall–Kier alpha value is -1.33. The summed E-state index contributed by atoms with van der Waals surface area (Å²) in [7, 11) is 0. The molecule has 0 heterocycles. The highest BCUT2D eigenvalue weighted by molar-refractivity contribution is 7.80. The Bertz CT molecular complexity index is 452. The third-order valence-electron chi connectivity index (χ3n) is 2.22. The summed E-state index contributed by atoms with van der Waals surface area (Å²) in [6.07, 6.45) is 2.19. The molecule has 0 aromatic heterocycles. The second-order valence-corrected chi connectivity index (χ2v) is 4.61. The Morgan fingerprint density at radius 1 is 1.50 bits per heavy atom. The molecule has 0 aliphatic heterocycles. The quantitative estimate of drug-likeness (QED) is 0.588. The van der Waals surface area contributed by atoms with Crippen molar-refractivity contribution in [2.45, 2.75) is 26.2 Å². The number of anilines is 1. The van der Waals surface area contributed by atoms with Crippen molar-refractivity contribution in [3.63, 3.8) is 0 Å². The fourth-order valence-electron chi connectivity index (χ4n) is 1.29. The number of phenolic OH excluding ortho intramolecular Hbond substituents is 1. The van der Waals surface area contributed by atoms with Gasteiger partial charge in [0.2, 0.25) is 5.91 Å². The van der Waals surface area contributed by atoms with Gasteiger partial charge in [-0.15, -0.1) is 0 Å². The van der Waals surface area contributed by atoms with Crippen LogP contribution in [0, 0.1) is 0 Å². The fraction of sp³-hybridized carbons (Fsp3) is 0.333. The first-order valence-corrected chi connectivity index (χ1v) is 6.41. The topological polar surface area (TPSA) is 61.4 Å². The van der Waals surface area contributed by atoms with Crippen LogP contribution in [0.1, 0.15) is 26.2 Å². The van der Waals surface area contributed by atoms with Gasteiger partial charge in [0, 0.05) is 11.4 Å². The number of thiocarbonyl (C=S) groups is 1. The predicted molar refractivity (Wildman–Crippen MR) is 77.0 cm³/mol. The largest absolute Gasteiger partial charge is 0.506 e. The number of hydrogen-bond donors (Lipinski definition) is 3. The Morgan fingerprint density at radius 3 is 2.89 bits per heavy atom. The number of rotatable bonds is 4. The molecule has 0 saturated carbocycles. The monoisotopic (exact) mass is 286 g/mol. The number of unbranched alkanes of at least 4 members (excludes halogenated alkanes) is 1. The highest BCUT2D eigenvalue weighted by Crippen LogP contribution is 2.26. The molecule has 1 aromatic carbocycles. The van der Waals surface area contributed by atoms with Crippen LogP contribution < -0.4 is 10.6 Å². The molecule has 0 aliphatic rings. The van der Waals surface area contributed by atoms with E-state index < -0.39 is 0 Å². The number of phenols is 1. The maximum Gasteiger partial charge on any atom is 0.226 e. The van der Waals surface area contributed by atoms with E-state index in [1.54, 1.807) is 6.07 Å². The SMILES string of the molecule is CCCCC(=O)NC(=S)Nc1cc(Cl)ccc1O. The van der Waals surface area contributed by atoms with E-state index >= 15 is 0 Å². The van der Waals surface area contributed by atoms with Gasteiger partial charge in [-0.3, -0.25) is 4.79 Å². The number of carbonyl (C=O) groups is 1. The van der Waals surface area contributed by atoms with Gasteiger partial charge in [-0.25, -0.2) is 0 Å². The maximum atomic E-state index is 11.4. The van der Waals surface area contributed by atoms with Crippen LogP contribution in [0.25, 0.3) is 0 Å². The molecule has 6 heteroatoms. The summed E-state index contributed by atoms with van der Waals surface area (Å²) in [5, 5.41) is 15.4. The Balaban J connectivity index is 2.54. The molecular formula is C12H15ClN2O2S. The number of nitrogens with one attached hydrogen (secondary N) is 2. The van der Waals surface area contributed by atoms with Crippen LogP contribution >= 0.6 is 23.8 Å². The van der Waals surface area contributed by atoms with Crippen molar-refractivity contribution in [3.8, 4) is 5.75 Å². The van der Waals surface area contributed by atoms with Gasteiger partial charge in [0.1, 0.15) is 5.75 Å². The minimum Gasteiger partial charge on any atom is -0.506 e. The fourth-order valence-corrected chi connectivity index (χ4v) is 1.68. The lowest BCUT2D eigenvalue weighted by molar-refractivity contribution is -0.119. The lowest BCUT2D eigenvalue weighted by Gasteiger charge is -2.10. The van der Waals surface area contributed by atoms with E-state index in [9.17, 15) is 9.90 Å². The number of carbonyl (C=O) groups excluding carboxylic acids is 1. The summed E-state index contributed by atoms with van der Waals surface area (Å²) >= 11 is 10.8. The van der Waals surface area contributed by atoms with Gasteiger partial charge in [0.15, 0.2) is 5.11 Å². The summed E-state index contributed by atoms with van der Waals surface area (Å²) in [4.78, 5) is 11.4. The van der Waals surface area contributed by atoms with Crippen molar-refractivity contribution in [3.05, 3.63) is 23.2 Å². The number of amides is 1. The minimum atomic E-state index is -0.143. The van der Waals surface area contributed by atoms with Crippen LogP contribution in [0.4, 0.5) is 5.69 Å². The molecule has 98 valence electrons. The molecule has 0 saturated heterocycles. The van der Waals surface area contributed by atoms with Crippen LogP contribution in [0.2, 0.25) is 5.02 Å². The first-order chi connectivity index (χ1) is 8.52. The summed E-state index contributed by atoms with van der Waals surface area (Å²) in [6, 6.07) is 4.54. The highest BCUT2D eigenvalue weighted by Gasteiger charge is 2.07. The maximum absolute atomic E-state index is 11.4. The lowest BCUT2D eigenvalue weighted by Crippen LogP contribution is -2.33. The molecule has 0 unspecified atom stereocenters. The molecule has 0 bridgehead atoms. The van der Waals surface area contributed by atoms with Gasteiger partial charge in [0.25, 0.3) is 0 Å². The summed E-state index contributed by atoms with van der Waals surface area (Å²) < 4.78 is 0. The smallest absolute Gasteiger partial charge is 0.226 e. The molecule has 1 aromatic rings. The highest BCUT2D eigenvalue weighted by atomic mass is 35.5. The molecular weight excluding hydrogens is 272 g/mol. The second kappa shape index (κ2) is 7.18. The zero-order valence-corrected chi connectivity index (χ0v) is 11.6. The van der Waals surface area contributed by atoms with E-state index in [0.29, 0.717) is 17.1 Å². The molecule has 3 N–H and O–H groups in total. The van der Waals surface area contributed by atoms with Crippen LogP contribution in [0.5, 0.6) is 5.75 Å². The van der Waals surface area contributed by atoms with Crippen LogP contribution in [0.15, 0.2) is 18.2 Å². The lowest BCUT2D eigenvalue weighted by atomic mass is 10.2. The molecule has 4 nitrogen and oxygen atoms in total. The van der Waals surface area contributed by atoms with Gasteiger partial charge in [-0.2, -0.15) is 0 Å². The van der Waals surface area contributed by atoms with Crippen LogP contribution in [-0.4, -0.2) is 16.1 Å². The number of aromatic hydroxyl groups is 1. The van der Waals surface area contributed by atoms with Gasteiger partial charge in [-0.1, -0.05) is 24.9 Å². The van der Waals surface area contributed by atoms with E-state index in [-0.39, 0.29) is 16.8 Å². The zero-order chi connectivity index (χ0) is 13.5. The Kier molecular flexibility index (Phi) is 5.88. The van der Waals surface area contributed by atoms with Gasteiger partial charge >= 0.3 is 0 Å². The number of benzene rings is 1. The van der Waals surface area contributed by atoms with Crippen LogP contribution in [0.3, 0.4) is 0 Å². The van der Waals surface area contributed by atoms with Crippen LogP contribution in [-0.2, 0) is 4.79 Å². The third kappa shape index (κ3) is 4.89. The normalized spacial score (nSPS) is 9.89. The molecule has 0 fully saturated rings. The third-order valence-corrected chi connectivity index (χ3v) is 2.66. The molecule has 0 spiro atoms. The van der Waals surface area contributed by atoms with Gasteiger partial charge in [-0.05, 0) is 36.8 Å². The molecule has 18 heavy (non-hydrogen) atoms. The summed E-state index contributed by atoms with van der Waals surface area (Å²) in [5.41, 5.74) is 0.364. The standard InChI is InChI=1S/C12H15ClN2O2S/c1-2-3-4-11(17)15-12(18)14-9-7-8(13)5-6-10(9)16/h5-7,16H,2-4H2,1H3,(H2,14,15,17,18). The zero-order valence-electron chi connectivity index (χ0n) is 10.00. The summed E-state index contributed by atoms with van der Waals surface area (Å²) in [5.74, 6) is -0.125. The van der Waals surface area contributed by atoms with Crippen molar-refractivity contribution in [2.24, 2.45) is 0 Å². The van der Waals surface area contributed by atoms with Gasteiger partial charge in [0.05, 0.1) is 5.69 Å². The van der Waals surface area contributed by atoms with Crippen molar-refractivity contribution >= 4 is 40.5 Å². The van der Waals surface area contributed by atoms with Crippen molar-refractivity contribution in [1.82, 2.24) is 5.32 Å². The van der Waals surface area contributed by atoms with Crippen molar-refractivity contribution in [2.75, 3.05) is 5.32 Å².